The van der Waals surface area contributed by atoms with Gasteiger partial charge in [0.25, 0.3) is 5.56 Å². The van der Waals surface area contributed by atoms with Crippen molar-refractivity contribution in [2.75, 3.05) is 14.1 Å². The lowest BCUT2D eigenvalue weighted by Crippen LogP contribution is -2.32. The third-order valence-corrected chi connectivity index (χ3v) is 5.76. The molecule has 0 aliphatic rings. The van der Waals surface area contributed by atoms with Crippen LogP contribution in [0.4, 0.5) is 0 Å². The van der Waals surface area contributed by atoms with Crippen molar-refractivity contribution in [3.8, 4) is 33.8 Å². The molecule has 0 fully saturated rings. The molecule has 0 aliphatic heterocycles. The SMILES string of the molecule is CCC(Oc1cccc(-n2cc(-c3ccccn3)cc(-c3ccccc3Cl)c2=O)c1)N(C)C. The van der Waals surface area contributed by atoms with E-state index >= 15 is 0 Å². The average Bonchev–Trinajstić information content (AvgIpc) is 2.84. The molecule has 0 bridgehead atoms. The normalized spacial score (nSPS) is 12.0. The number of hydrogen-bond donors (Lipinski definition) is 0. The average molecular weight is 460 g/mol. The quantitative estimate of drug-likeness (QED) is 0.323. The number of halogens is 1. The fraction of sp³-hybridized carbons (Fsp3) is 0.185. The molecule has 0 amide bonds. The van der Waals surface area contributed by atoms with Crippen molar-refractivity contribution in [1.29, 1.82) is 0 Å². The van der Waals surface area contributed by atoms with Crippen molar-refractivity contribution in [1.82, 2.24) is 14.5 Å². The van der Waals surface area contributed by atoms with Crippen LogP contribution in [0.2, 0.25) is 5.02 Å². The van der Waals surface area contributed by atoms with Crippen molar-refractivity contribution < 1.29 is 4.74 Å². The summed E-state index contributed by atoms with van der Waals surface area (Å²) in [6.45, 7) is 2.07. The van der Waals surface area contributed by atoms with Crippen LogP contribution >= 0.6 is 11.6 Å². The van der Waals surface area contributed by atoms with Crippen LogP contribution in [0.15, 0.2) is 90.0 Å². The molecule has 33 heavy (non-hydrogen) atoms. The van der Waals surface area contributed by atoms with Gasteiger partial charge in [-0.1, -0.05) is 48.9 Å². The van der Waals surface area contributed by atoms with Crippen LogP contribution in [0.25, 0.3) is 28.1 Å². The van der Waals surface area contributed by atoms with Crippen LogP contribution in [0, 0.1) is 0 Å². The summed E-state index contributed by atoms with van der Waals surface area (Å²) >= 11 is 6.47. The van der Waals surface area contributed by atoms with E-state index in [1.165, 1.54) is 0 Å². The fourth-order valence-corrected chi connectivity index (χ4v) is 3.98. The van der Waals surface area contributed by atoms with E-state index in [4.69, 9.17) is 16.3 Å². The zero-order chi connectivity index (χ0) is 23.4. The van der Waals surface area contributed by atoms with E-state index in [-0.39, 0.29) is 11.8 Å². The molecule has 2 heterocycles. The fourth-order valence-electron chi connectivity index (χ4n) is 3.74. The summed E-state index contributed by atoms with van der Waals surface area (Å²) in [5, 5.41) is 0.521. The minimum Gasteiger partial charge on any atom is -0.475 e. The van der Waals surface area contributed by atoms with Gasteiger partial charge in [-0.05, 0) is 56.9 Å². The molecule has 5 nitrogen and oxygen atoms in total. The molecule has 2 aromatic heterocycles. The van der Waals surface area contributed by atoms with E-state index < -0.39 is 0 Å². The van der Waals surface area contributed by atoms with Gasteiger partial charge in [-0.25, -0.2) is 0 Å². The summed E-state index contributed by atoms with van der Waals surface area (Å²) in [4.78, 5) is 20.1. The third kappa shape index (κ3) is 5.00. The zero-order valence-corrected chi connectivity index (χ0v) is 19.7. The Morgan fingerprint density at radius 2 is 1.79 bits per heavy atom. The predicted octanol–water partition coefficient (Wildman–Crippen LogP) is 5.90. The maximum absolute atomic E-state index is 13.6. The van der Waals surface area contributed by atoms with Gasteiger partial charge in [0.05, 0.1) is 11.4 Å². The van der Waals surface area contributed by atoms with Crippen molar-refractivity contribution in [3.05, 3.63) is 101 Å². The van der Waals surface area contributed by atoms with E-state index in [9.17, 15) is 4.79 Å². The van der Waals surface area contributed by atoms with Crippen molar-refractivity contribution in [2.45, 2.75) is 19.6 Å². The highest BCUT2D eigenvalue weighted by Gasteiger charge is 2.16. The molecule has 0 saturated carbocycles. The summed E-state index contributed by atoms with van der Waals surface area (Å²) in [6.07, 6.45) is 4.33. The summed E-state index contributed by atoms with van der Waals surface area (Å²) in [5.41, 5.74) is 3.31. The van der Waals surface area contributed by atoms with Gasteiger partial charge in [-0.2, -0.15) is 0 Å². The molecule has 0 radical (unpaired) electrons. The van der Waals surface area contributed by atoms with Crippen molar-refractivity contribution in [2.24, 2.45) is 0 Å². The smallest absolute Gasteiger partial charge is 0.263 e. The largest absolute Gasteiger partial charge is 0.475 e. The Hall–Kier alpha value is -3.41. The highest BCUT2D eigenvalue weighted by Crippen LogP contribution is 2.29. The molecule has 4 aromatic rings. The first-order chi connectivity index (χ1) is 16.0. The van der Waals surface area contributed by atoms with Crippen molar-refractivity contribution >= 4 is 11.6 Å². The Morgan fingerprint density at radius 1 is 1.00 bits per heavy atom. The Morgan fingerprint density at radius 3 is 2.48 bits per heavy atom. The van der Waals surface area contributed by atoms with Crippen molar-refractivity contribution in [3.63, 3.8) is 0 Å². The first-order valence-corrected chi connectivity index (χ1v) is 11.2. The number of benzene rings is 2. The molecule has 1 unspecified atom stereocenters. The van der Waals surface area contributed by atoms with Crippen LogP contribution in [0.1, 0.15) is 13.3 Å². The second kappa shape index (κ2) is 10.0. The maximum atomic E-state index is 13.6. The van der Waals surface area contributed by atoms with Crippen LogP contribution in [-0.2, 0) is 0 Å². The number of nitrogens with zero attached hydrogens (tertiary/aromatic N) is 3. The third-order valence-electron chi connectivity index (χ3n) is 5.44. The monoisotopic (exact) mass is 459 g/mol. The summed E-state index contributed by atoms with van der Waals surface area (Å²) in [6, 6.07) is 22.5. The molecular formula is C27H26ClN3O2. The van der Waals surface area contributed by atoms with Gasteiger partial charge in [0.2, 0.25) is 0 Å². The number of rotatable bonds is 7. The number of hydrogen-bond acceptors (Lipinski definition) is 4. The van der Waals surface area contributed by atoms with E-state index in [0.717, 1.165) is 17.7 Å². The molecule has 168 valence electrons. The Bertz CT molecular complexity index is 1300. The first-order valence-electron chi connectivity index (χ1n) is 10.8. The Labute approximate surface area is 198 Å². The Kier molecular flexibility index (Phi) is 6.92. The number of pyridine rings is 2. The molecule has 0 saturated heterocycles. The number of ether oxygens (including phenoxy) is 1. The Balaban J connectivity index is 1.88. The minimum absolute atomic E-state index is 0.0597. The summed E-state index contributed by atoms with van der Waals surface area (Å²) < 4.78 is 7.78. The molecule has 0 aliphatic carbocycles. The molecule has 4 rings (SSSR count). The highest BCUT2D eigenvalue weighted by atomic mass is 35.5. The lowest BCUT2D eigenvalue weighted by atomic mass is 10.0. The van der Waals surface area contributed by atoms with Gasteiger partial charge in [0.1, 0.15) is 5.75 Å². The van der Waals surface area contributed by atoms with Crippen LogP contribution in [-0.4, -0.2) is 34.8 Å². The summed E-state index contributed by atoms with van der Waals surface area (Å²) in [5.74, 6) is 0.697. The predicted molar refractivity (Wildman–Crippen MR) is 134 cm³/mol. The molecule has 0 N–H and O–H groups in total. The van der Waals surface area contributed by atoms with Gasteiger partial charge in [-0.15, -0.1) is 0 Å². The standard InChI is InChI=1S/C27H26ClN3O2/c1-4-26(30(2)3)33-21-11-9-10-20(17-21)31-18-19(25-14-7-8-15-29-25)16-23(27(31)32)22-12-5-6-13-24(22)28/h5-18,26H,4H2,1-3H3. The lowest BCUT2D eigenvalue weighted by molar-refractivity contribution is 0.0612. The van der Waals surface area contributed by atoms with Gasteiger partial charge in [0.15, 0.2) is 6.23 Å². The minimum atomic E-state index is -0.167. The molecule has 2 aromatic carbocycles. The van der Waals surface area contributed by atoms with E-state index in [1.54, 1.807) is 16.8 Å². The number of aromatic nitrogens is 2. The van der Waals surface area contributed by atoms with E-state index in [1.807, 2.05) is 91.9 Å². The van der Waals surface area contributed by atoms with Gasteiger partial charge in [0, 0.05) is 40.2 Å². The maximum Gasteiger partial charge on any atom is 0.263 e. The molecule has 1 atom stereocenters. The van der Waals surface area contributed by atoms with Gasteiger partial charge >= 0.3 is 0 Å². The van der Waals surface area contributed by atoms with Crippen LogP contribution in [0.5, 0.6) is 5.75 Å². The first kappa shape index (κ1) is 22.8. The van der Waals surface area contributed by atoms with Gasteiger partial charge < -0.3 is 4.74 Å². The lowest BCUT2D eigenvalue weighted by Gasteiger charge is -2.24. The topological polar surface area (TPSA) is 47.4 Å². The van der Waals surface area contributed by atoms with Crippen LogP contribution < -0.4 is 10.3 Å². The molecule has 0 spiro atoms. The molecular weight excluding hydrogens is 434 g/mol. The van der Waals surface area contributed by atoms with Gasteiger partial charge in [-0.3, -0.25) is 19.2 Å². The highest BCUT2D eigenvalue weighted by molar-refractivity contribution is 6.33. The van der Waals surface area contributed by atoms with Crippen LogP contribution in [0.3, 0.4) is 0 Å². The second-order valence-electron chi connectivity index (χ2n) is 7.95. The van der Waals surface area contributed by atoms with E-state index in [2.05, 4.69) is 11.9 Å². The van der Waals surface area contributed by atoms with E-state index in [0.29, 0.717) is 27.6 Å². The summed E-state index contributed by atoms with van der Waals surface area (Å²) in [7, 11) is 3.96. The molecule has 6 heteroatoms. The zero-order valence-electron chi connectivity index (χ0n) is 18.9. The second-order valence-corrected chi connectivity index (χ2v) is 8.36.